The van der Waals surface area contributed by atoms with E-state index in [-0.39, 0.29) is 39.2 Å². The quantitative estimate of drug-likeness (QED) is 0.160. The van der Waals surface area contributed by atoms with Crippen molar-refractivity contribution in [3.63, 3.8) is 0 Å². The van der Waals surface area contributed by atoms with Crippen molar-refractivity contribution in [2.75, 3.05) is 9.80 Å². The lowest BCUT2D eigenvalue weighted by molar-refractivity contribution is 0.0990. The van der Waals surface area contributed by atoms with Gasteiger partial charge >= 0.3 is 0 Å². The van der Waals surface area contributed by atoms with Crippen LogP contribution < -0.4 is 26.2 Å². The van der Waals surface area contributed by atoms with Crippen molar-refractivity contribution in [2.45, 2.75) is 90.9 Å². The average molecular weight is 841 g/mol. The summed E-state index contributed by atoms with van der Waals surface area (Å²) in [7, 11) is 0. The van der Waals surface area contributed by atoms with E-state index in [9.17, 15) is 0 Å². The summed E-state index contributed by atoms with van der Waals surface area (Å²) < 4.78 is 0. The van der Waals surface area contributed by atoms with Crippen LogP contribution >= 0.6 is 0 Å². The Hall–Kier alpha value is -5.80. The molecular weight excluding hydrogens is 784 g/mol. The molecule has 2 nitrogen and oxygen atoms in total. The highest BCUT2D eigenvalue weighted by Crippen LogP contribution is 2.79. The van der Waals surface area contributed by atoms with Gasteiger partial charge < -0.3 is 9.80 Å². The number of rotatable bonds is 2. The van der Waals surface area contributed by atoms with Gasteiger partial charge in [-0.25, -0.2) is 0 Å². The van der Waals surface area contributed by atoms with Gasteiger partial charge in [0.05, 0.1) is 0 Å². The van der Waals surface area contributed by atoms with Crippen LogP contribution in [-0.4, -0.2) is 6.71 Å². The van der Waals surface area contributed by atoms with Crippen molar-refractivity contribution in [1.82, 2.24) is 0 Å². The molecule has 0 aromatic heterocycles. The Bertz CT molecular complexity index is 3270. The van der Waals surface area contributed by atoms with Crippen LogP contribution in [0.1, 0.15) is 102 Å². The van der Waals surface area contributed by atoms with Crippen LogP contribution in [0.2, 0.25) is 0 Å². The SMILES string of the molecule is CC1(C)C2CCC1(C)[C@@]1(C2)c2ccccc2-c2c1ccc1c2B2c3ccccc3N(c3ccc4c(c3)-c3ccccc3[C@]43C[C@H]4CC[C@]3(C)C4(C)C)c3cccc(c32)N1c1ccccc1. The first-order valence-electron chi connectivity index (χ1n) is 24.9. The van der Waals surface area contributed by atoms with Gasteiger partial charge in [-0.1, -0.05) is 145 Å². The Labute approximate surface area is 385 Å². The van der Waals surface area contributed by atoms with Gasteiger partial charge in [-0.3, -0.25) is 0 Å². The fraction of sp³-hybridized carbons (Fsp3) is 0.323. The van der Waals surface area contributed by atoms with Gasteiger partial charge in [0.1, 0.15) is 0 Å². The highest BCUT2D eigenvalue weighted by atomic mass is 15.2. The number of anilines is 6. The monoisotopic (exact) mass is 840 g/mol. The van der Waals surface area contributed by atoms with Crippen molar-refractivity contribution >= 4 is 57.2 Å². The molecule has 7 aromatic rings. The molecule has 8 aliphatic rings. The lowest BCUT2D eigenvalue weighted by Gasteiger charge is -2.49. The van der Waals surface area contributed by atoms with Crippen LogP contribution in [0.15, 0.2) is 152 Å². The molecule has 0 amide bonds. The van der Waals surface area contributed by atoms with E-state index in [0.29, 0.717) is 5.92 Å². The maximum Gasteiger partial charge on any atom is 0.252 e. The van der Waals surface area contributed by atoms with E-state index in [1.54, 1.807) is 22.3 Å². The van der Waals surface area contributed by atoms with Crippen LogP contribution in [0, 0.1) is 33.5 Å². The van der Waals surface area contributed by atoms with Crippen LogP contribution in [0.5, 0.6) is 0 Å². The topological polar surface area (TPSA) is 6.48 Å². The molecule has 2 heterocycles. The largest absolute Gasteiger partial charge is 0.311 e. The van der Waals surface area contributed by atoms with Gasteiger partial charge in [0.2, 0.25) is 0 Å². The Morgan fingerprint density at radius 2 is 0.954 bits per heavy atom. The summed E-state index contributed by atoms with van der Waals surface area (Å²) in [5, 5.41) is 0. The molecule has 0 radical (unpaired) electrons. The Morgan fingerprint density at radius 1 is 0.431 bits per heavy atom. The molecule has 3 heteroatoms. The number of hydrogen-bond donors (Lipinski definition) is 0. The third-order valence-corrected chi connectivity index (χ3v) is 21.5. The van der Waals surface area contributed by atoms with E-state index in [1.807, 2.05) is 0 Å². The van der Waals surface area contributed by atoms with Crippen LogP contribution in [-0.2, 0) is 10.8 Å². The molecule has 2 unspecified atom stereocenters. The van der Waals surface area contributed by atoms with Crippen molar-refractivity contribution in [1.29, 1.82) is 0 Å². The summed E-state index contributed by atoms with van der Waals surface area (Å²) in [4.78, 5) is 5.24. The van der Waals surface area contributed by atoms with Gasteiger partial charge in [-0.05, 0) is 181 Å². The minimum absolute atomic E-state index is 0.0128. The molecule has 2 aliphatic heterocycles. The van der Waals surface area contributed by atoms with Gasteiger partial charge in [-0.2, -0.15) is 0 Å². The zero-order valence-corrected chi connectivity index (χ0v) is 38.8. The summed E-state index contributed by atoms with van der Waals surface area (Å²) in [6.45, 7) is 15.7. The smallest absolute Gasteiger partial charge is 0.252 e. The van der Waals surface area contributed by atoms with E-state index in [4.69, 9.17) is 0 Å². The summed E-state index contributed by atoms with van der Waals surface area (Å²) >= 11 is 0. The predicted molar refractivity (Wildman–Crippen MR) is 271 cm³/mol. The van der Waals surface area contributed by atoms with Crippen molar-refractivity contribution in [3.05, 3.63) is 174 Å². The fourth-order valence-electron chi connectivity index (χ4n) is 17.7. The number of para-hydroxylation sites is 2. The zero-order valence-electron chi connectivity index (χ0n) is 38.8. The van der Waals surface area contributed by atoms with Crippen molar-refractivity contribution < 1.29 is 0 Å². The molecule has 4 bridgehead atoms. The second kappa shape index (κ2) is 11.8. The molecular formula is C62H57BN2. The highest BCUT2D eigenvalue weighted by molar-refractivity contribution is 7.01. The molecule has 65 heavy (non-hydrogen) atoms. The molecule has 7 aromatic carbocycles. The number of benzene rings is 7. The number of fused-ring (bicyclic) bond motifs is 21. The lowest BCUT2D eigenvalue weighted by Crippen LogP contribution is -2.62. The Balaban J connectivity index is 0.992. The summed E-state index contributed by atoms with van der Waals surface area (Å²) in [6.07, 6.45) is 7.75. The molecule has 0 N–H and O–H groups in total. The average Bonchev–Trinajstić information content (AvgIpc) is 4.02. The van der Waals surface area contributed by atoms with E-state index < -0.39 is 0 Å². The molecule has 4 fully saturated rings. The minimum atomic E-state index is -0.0128. The maximum atomic E-state index is 2.66. The number of nitrogens with zero attached hydrogens (tertiary/aromatic N) is 2. The van der Waals surface area contributed by atoms with Gasteiger partial charge in [0.15, 0.2) is 0 Å². The van der Waals surface area contributed by atoms with Gasteiger partial charge in [0, 0.05) is 45.0 Å². The standard InChI is InChI=1S/C62H57BN2/c1-57(2)38-31-33-59(57,5)61(36-38)45-21-12-10-19-42(45)44-35-41(27-28-47(44)61)65-50-24-15-14-23-49(50)63-55-51(25-16-26-52(55)65)64(40-17-8-7-9-18-40)53-30-29-48-54(56(53)63)43-20-11-13-22-46(43)62(48)37-39-32-34-60(62,6)58(39,3)4/h7-30,35,38-39H,31-34,36-37H2,1-6H3/t38-,39?,59-,60?,61-,62+/m1/s1. The van der Waals surface area contributed by atoms with Gasteiger partial charge in [-0.15, -0.1) is 0 Å². The van der Waals surface area contributed by atoms with Crippen molar-refractivity contribution in [3.8, 4) is 22.3 Å². The molecule has 6 aliphatic carbocycles. The van der Waals surface area contributed by atoms with Crippen molar-refractivity contribution in [2.24, 2.45) is 33.5 Å². The Morgan fingerprint density at radius 3 is 1.62 bits per heavy atom. The molecule has 4 saturated carbocycles. The van der Waals surface area contributed by atoms with E-state index >= 15 is 0 Å². The molecule has 0 saturated heterocycles. The summed E-state index contributed by atoms with van der Waals surface area (Å²) in [5.41, 5.74) is 25.0. The molecule has 15 rings (SSSR count). The number of hydrogen-bond acceptors (Lipinski definition) is 2. The first kappa shape index (κ1) is 37.4. The van der Waals surface area contributed by atoms with Crippen LogP contribution in [0.3, 0.4) is 0 Å². The fourth-order valence-corrected chi connectivity index (χ4v) is 17.7. The third-order valence-electron chi connectivity index (χ3n) is 21.5. The lowest BCUT2D eigenvalue weighted by atomic mass is 9.32. The van der Waals surface area contributed by atoms with Crippen LogP contribution in [0.25, 0.3) is 22.3 Å². The molecule has 6 atom stereocenters. The second-order valence-corrected chi connectivity index (χ2v) is 23.2. The third kappa shape index (κ3) is 3.90. The van der Waals surface area contributed by atoms with E-state index in [2.05, 4.69) is 203 Å². The normalized spacial score (nSPS) is 30.0. The molecule has 2 spiro atoms. The first-order valence-corrected chi connectivity index (χ1v) is 24.9. The summed E-state index contributed by atoms with van der Waals surface area (Å²) in [5.74, 6) is 1.46. The highest BCUT2D eigenvalue weighted by Gasteiger charge is 2.73. The zero-order chi connectivity index (χ0) is 43.6. The van der Waals surface area contributed by atoms with E-state index in [1.165, 1.54) is 111 Å². The summed E-state index contributed by atoms with van der Waals surface area (Å²) in [6, 6.07) is 59.7. The maximum absolute atomic E-state index is 2.66. The minimum Gasteiger partial charge on any atom is -0.311 e. The first-order chi connectivity index (χ1) is 31.5. The molecule has 318 valence electrons. The van der Waals surface area contributed by atoms with Gasteiger partial charge in [0.25, 0.3) is 6.71 Å². The second-order valence-electron chi connectivity index (χ2n) is 23.2. The van der Waals surface area contributed by atoms with E-state index in [0.717, 1.165) is 5.92 Å². The Kier molecular flexibility index (Phi) is 6.78. The predicted octanol–water partition coefficient (Wildman–Crippen LogP) is 14.0. The van der Waals surface area contributed by atoms with Crippen LogP contribution in [0.4, 0.5) is 34.1 Å².